The summed E-state index contributed by atoms with van der Waals surface area (Å²) in [5, 5.41) is 0.821. The van der Waals surface area contributed by atoms with Gasteiger partial charge in [-0.25, -0.2) is 9.37 Å². The van der Waals surface area contributed by atoms with Crippen LogP contribution in [0.15, 0.2) is 21.8 Å². The summed E-state index contributed by atoms with van der Waals surface area (Å²) in [4.78, 5) is 3.96. The standard InChI is InChI=1S/C8H9BrFNS/c1-5(2)12-8-7(10)3-6(9)4-11-8/h3-5H,1-2H3. The average Bonchev–Trinajstić information content (AvgIpc) is 1.94. The fourth-order valence-electron chi connectivity index (χ4n) is 0.712. The maximum absolute atomic E-state index is 13.1. The molecule has 0 aliphatic rings. The third-order valence-corrected chi connectivity index (χ3v) is 2.55. The summed E-state index contributed by atoms with van der Waals surface area (Å²) in [5.74, 6) is -0.261. The topological polar surface area (TPSA) is 12.9 Å². The zero-order valence-electron chi connectivity index (χ0n) is 6.84. The van der Waals surface area contributed by atoms with Crippen molar-refractivity contribution in [1.82, 2.24) is 4.98 Å². The van der Waals surface area contributed by atoms with Gasteiger partial charge < -0.3 is 0 Å². The molecule has 0 spiro atoms. The summed E-state index contributed by atoms with van der Waals surface area (Å²) in [6, 6.07) is 1.43. The lowest BCUT2D eigenvalue weighted by Crippen LogP contribution is -1.92. The molecule has 0 saturated heterocycles. The van der Waals surface area contributed by atoms with Crippen molar-refractivity contribution < 1.29 is 4.39 Å². The summed E-state index contributed by atoms with van der Waals surface area (Å²) < 4.78 is 13.8. The molecule has 0 aliphatic carbocycles. The van der Waals surface area contributed by atoms with Gasteiger partial charge in [0.05, 0.1) is 0 Å². The van der Waals surface area contributed by atoms with Crippen molar-refractivity contribution >= 4 is 27.7 Å². The van der Waals surface area contributed by atoms with Crippen LogP contribution in [-0.2, 0) is 0 Å². The molecule has 0 fully saturated rings. The molecule has 1 nitrogen and oxygen atoms in total. The van der Waals surface area contributed by atoms with Crippen LogP contribution in [0.25, 0.3) is 0 Å². The highest BCUT2D eigenvalue weighted by Crippen LogP contribution is 2.24. The Kier molecular flexibility index (Phi) is 3.53. The quantitative estimate of drug-likeness (QED) is 0.745. The molecule has 0 atom stereocenters. The van der Waals surface area contributed by atoms with Crippen molar-refractivity contribution in [2.24, 2.45) is 0 Å². The number of hydrogen-bond donors (Lipinski definition) is 0. The Bertz CT molecular complexity index is 278. The second kappa shape index (κ2) is 4.23. The molecule has 1 rings (SSSR count). The van der Waals surface area contributed by atoms with E-state index in [1.807, 2.05) is 13.8 Å². The maximum atomic E-state index is 13.1. The van der Waals surface area contributed by atoms with Crippen LogP contribution in [0, 0.1) is 5.82 Å². The second-order valence-corrected chi connectivity index (χ2v) is 5.09. The van der Waals surface area contributed by atoms with Crippen LogP contribution in [0.5, 0.6) is 0 Å². The van der Waals surface area contributed by atoms with E-state index in [1.165, 1.54) is 17.8 Å². The van der Waals surface area contributed by atoms with E-state index < -0.39 is 0 Å². The normalized spacial score (nSPS) is 10.8. The molecule has 66 valence electrons. The van der Waals surface area contributed by atoms with Gasteiger partial charge in [0.2, 0.25) is 0 Å². The van der Waals surface area contributed by atoms with Crippen molar-refractivity contribution in [3.05, 3.63) is 22.6 Å². The molecule has 0 saturated carbocycles. The van der Waals surface area contributed by atoms with Gasteiger partial charge in [0, 0.05) is 15.9 Å². The highest BCUT2D eigenvalue weighted by atomic mass is 79.9. The molecule has 0 unspecified atom stereocenters. The first kappa shape index (κ1) is 9.99. The van der Waals surface area contributed by atoms with Crippen LogP contribution >= 0.6 is 27.7 Å². The molecule has 12 heavy (non-hydrogen) atoms. The molecule has 4 heteroatoms. The fourth-order valence-corrected chi connectivity index (χ4v) is 1.75. The van der Waals surface area contributed by atoms with Gasteiger partial charge in [-0.3, -0.25) is 0 Å². The average molecular weight is 250 g/mol. The van der Waals surface area contributed by atoms with Crippen LogP contribution in [0.2, 0.25) is 0 Å². The summed E-state index contributed by atoms with van der Waals surface area (Å²) >= 11 is 4.58. The molecule has 0 radical (unpaired) electrons. The lowest BCUT2D eigenvalue weighted by Gasteiger charge is -2.04. The van der Waals surface area contributed by atoms with Crippen molar-refractivity contribution in [3.63, 3.8) is 0 Å². The van der Waals surface area contributed by atoms with Gasteiger partial charge in [0.1, 0.15) is 5.03 Å². The molecule has 0 amide bonds. The van der Waals surface area contributed by atoms with Gasteiger partial charge in [-0.15, -0.1) is 11.8 Å². The van der Waals surface area contributed by atoms with Crippen molar-refractivity contribution in [1.29, 1.82) is 0 Å². The van der Waals surface area contributed by atoms with Gasteiger partial charge in [0.25, 0.3) is 0 Å². The predicted molar refractivity (Wildman–Crippen MR) is 52.9 cm³/mol. The Morgan fingerprint density at radius 2 is 2.25 bits per heavy atom. The van der Waals surface area contributed by atoms with Crippen LogP contribution in [-0.4, -0.2) is 10.2 Å². The third kappa shape index (κ3) is 2.75. The number of pyridine rings is 1. The molecular weight excluding hydrogens is 241 g/mol. The zero-order chi connectivity index (χ0) is 9.14. The molecular formula is C8H9BrFNS. The SMILES string of the molecule is CC(C)Sc1ncc(Br)cc1F. The van der Waals surface area contributed by atoms with Gasteiger partial charge in [-0.1, -0.05) is 13.8 Å². The largest absolute Gasteiger partial charge is 0.246 e. The van der Waals surface area contributed by atoms with Gasteiger partial charge >= 0.3 is 0 Å². The van der Waals surface area contributed by atoms with Crippen molar-refractivity contribution in [2.75, 3.05) is 0 Å². The Hall–Kier alpha value is -0.0900. The number of rotatable bonds is 2. The van der Waals surface area contributed by atoms with Crippen LogP contribution in [0.3, 0.4) is 0 Å². The number of thioether (sulfide) groups is 1. The van der Waals surface area contributed by atoms with Gasteiger partial charge in [0.15, 0.2) is 5.82 Å². The molecule has 0 bridgehead atoms. The highest BCUT2D eigenvalue weighted by Gasteiger charge is 2.06. The lowest BCUT2D eigenvalue weighted by atomic mass is 10.5. The van der Waals surface area contributed by atoms with Gasteiger partial charge in [-0.05, 0) is 22.0 Å². The van der Waals surface area contributed by atoms with E-state index in [4.69, 9.17) is 0 Å². The number of hydrogen-bond acceptors (Lipinski definition) is 2. The van der Waals surface area contributed by atoms with Gasteiger partial charge in [-0.2, -0.15) is 0 Å². The first-order valence-electron chi connectivity index (χ1n) is 3.57. The van der Waals surface area contributed by atoms with Crippen LogP contribution in [0.1, 0.15) is 13.8 Å². The van der Waals surface area contributed by atoms with E-state index in [1.54, 1.807) is 6.20 Å². The minimum atomic E-state index is -0.261. The second-order valence-electron chi connectivity index (χ2n) is 2.61. The molecule has 1 aromatic heterocycles. The smallest absolute Gasteiger partial charge is 0.156 e. The highest BCUT2D eigenvalue weighted by molar-refractivity contribution is 9.10. The fraction of sp³-hybridized carbons (Fsp3) is 0.375. The third-order valence-electron chi connectivity index (χ3n) is 1.12. The van der Waals surface area contributed by atoms with E-state index in [-0.39, 0.29) is 5.82 Å². The van der Waals surface area contributed by atoms with Crippen molar-refractivity contribution in [3.8, 4) is 0 Å². The number of aromatic nitrogens is 1. The molecule has 0 N–H and O–H groups in total. The molecule has 0 aromatic carbocycles. The molecule has 1 heterocycles. The Labute approximate surface area is 83.9 Å². The lowest BCUT2D eigenvalue weighted by molar-refractivity contribution is 0.586. The Morgan fingerprint density at radius 3 is 2.75 bits per heavy atom. The summed E-state index contributed by atoms with van der Waals surface area (Å²) in [6.45, 7) is 4.02. The predicted octanol–water partition coefficient (Wildman–Crippen LogP) is 3.48. The number of halogens is 2. The molecule has 0 aliphatic heterocycles. The Balaban J connectivity index is 2.86. The summed E-state index contributed by atoms with van der Waals surface area (Å²) in [5.41, 5.74) is 0. The first-order valence-corrected chi connectivity index (χ1v) is 5.24. The van der Waals surface area contributed by atoms with E-state index in [0.29, 0.717) is 14.7 Å². The van der Waals surface area contributed by atoms with E-state index in [9.17, 15) is 4.39 Å². The van der Waals surface area contributed by atoms with E-state index >= 15 is 0 Å². The Morgan fingerprint density at radius 1 is 1.58 bits per heavy atom. The summed E-state index contributed by atoms with van der Waals surface area (Å²) in [7, 11) is 0. The van der Waals surface area contributed by atoms with E-state index in [2.05, 4.69) is 20.9 Å². The number of nitrogens with zero attached hydrogens (tertiary/aromatic N) is 1. The van der Waals surface area contributed by atoms with Crippen molar-refractivity contribution in [2.45, 2.75) is 24.1 Å². The zero-order valence-corrected chi connectivity index (χ0v) is 9.25. The minimum Gasteiger partial charge on any atom is -0.246 e. The van der Waals surface area contributed by atoms with E-state index in [0.717, 1.165) is 0 Å². The van der Waals surface area contributed by atoms with Crippen LogP contribution < -0.4 is 0 Å². The minimum absolute atomic E-state index is 0.261. The molecule has 1 aromatic rings. The first-order chi connectivity index (χ1) is 5.59. The monoisotopic (exact) mass is 249 g/mol. The maximum Gasteiger partial charge on any atom is 0.156 e. The van der Waals surface area contributed by atoms with Crippen LogP contribution in [0.4, 0.5) is 4.39 Å². The summed E-state index contributed by atoms with van der Waals surface area (Å²) in [6.07, 6.45) is 1.60.